The molecule has 20 heavy (non-hydrogen) atoms. The predicted molar refractivity (Wildman–Crippen MR) is 78.6 cm³/mol. The van der Waals surface area contributed by atoms with Gasteiger partial charge in [0.25, 0.3) is 0 Å². The highest BCUT2D eigenvalue weighted by Crippen LogP contribution is 2.25. The van der Waals surface area contributed by atoms with Crippen molar-refractivity contribution in [3.8, 4) is 6.07 Å². The molecule has 104 valence electrons. The highest BCUT2D eigenvalue weighted by atomic mass is 35.5. The second-order valence-electron chi connectivity index (χ2n) is 4.73. The molecule has 0 spiro atoms. The van der Waals surface area contributed by atoms with Gasteiger partial charge < -0.3 is 0 Å². The minimum atomic E-state index is 0.312. The monoisotopic (exact) mass is 288 g/mol. The summed E-state index contributed by atoms with van der Waals surface area (Å²) in [5.74, 6) is 0.312. The Morgan fingerprint density at radius 2 is 1.90 bits per heavy atom. The third-order valence-corrected chi connectivity index (χ3v) is 3.75. The Kier molecular flexibility index (Phi) is 4.75. The molecule has 0 radical (unpaired) electrons. The number of hydrogen-bond acceptors (Lipinski definition) is 3. The van der Waals surface area contributed by atoms with Gasteiger partial charge in [0, 0.05) is 10.9 Å². The van der Waals surface area contributed by atoms with E-state index in [4.69, 9.17) is 11.6 Å². The van der Waals surface area contributed by atoms with Crippen LogP contribution in [-0.4, -0.2) is 15.0 Å². The Morgan fingerprint density at radius 3 is 2.45 bits per heavy atom. The molecule has 1 aromatic heterocycles. The highest BCUT2D eigenvalue weighted by Gasteiger charge is 2.20. The topological polar surface area (TPSA) is 54.5 Å². The normalized spacial score (nSPS) is 10.8. The number of nitrogens with zero attached hydrogens (tertiary/aromatic N) is 4. The molecule has 0 bridgehead atoms. The summed E-state index contributed by atoms with van der Waals surface area (Å²) < 4.78 is 1.83. The number of aromatic nitrogens is 3. The van der Waals surface area contributed by atoms with Crippen LogP contribution in [0.3, 0.4) is 0 Å². The maximum Gasteiger partial charge on any atom is 0.186 e. The summed E-state index contributed by atoms with van der Waals surface area (Å²) in [5.41, 5.74) is 2.47. The Hall–Kier alpha value is -1.86. The predicted octanol–water partition coefficient (Wildman–Crippen LogP) is 3.76. The summed E-state index contributed by atoms with van der Waals surface area (Å²) in [6.07, 6.45) is 1.94. The second kappa shape index (κ2) is 6.53. The number of halogens is 1. The lowest BCUT2D eigenvalue weighted by atomic mass is 9.97. The first-order chi connectivity index (χ1) is 9.69. The van der Waals surface area contributed by atoms with E-state index in [2.05, 4.69) is 30.2 Å². The summed E-state index contributed by atoms with van der Waals surface area (Å²) in [6, 6.07) is 9.79. The molecule has 0 atom stereocenters. The zero-order valence-corrected chi connectivity index (χ0v) is 12.4. The molecule has 0 aliphatic heterocycles. The van der Waals surface area contributed by atoms with Crippen LogP contribution in [0.5, 0.6) is 0 Å². The number of benzene rings is 1. The van der Waals surface area contributed by atoms with E-state index in [1.165, 1.54) is 0 Å². The lowest BCUT2D eigenvalue weighted by molar-refractivity contribution is 0.543. The van der Waals surface area contributed by atoms with Crippen LogP contribution in [0.2, 0.25) is 5.02 Å². The Bertz CT molecular complexity index is 606. The van der Waals surface area contributed by atoms with Gasteiger partial charge in [-0.1, -0.05) is 42.8 Å². The maximum absolute atomic E-state index is 9.19. The largest absolute Gasteiger partial charge is 0.243 e. The van der Waals surface area contributed by atoms with Crippen LogP contribution in [0.15, 0.2) is 24.3 Å². The molecule has 5 heteroatoms. The van der Waals surface area contributed by atoms with Crippen LogP contribution in [0.4, 0.5) is 0 Å². The van der Waals surface area contributed by atoms with Gasteiger partial charge in [-0.05, 0) is 30.5 Å². The summed E-state index contributed by atoms with van der Waals surface area (Å²) in [6.45, 7) is 4.85. The zero-order chi connectivity index (χ0) is 14.5. The molecule has 0 N–H and O–H groups in total. The molecule has 0 fully saturated rings. The van der Waals surface area contributed by atoms with Crippen LogP contribution < -0.4 is 0 Å². The van der Waals surface area contributed by atoms with Gasteiger partial charge in [-0.3, -0.25) is 0 Å². The molecular formula is C15H17ClN4. The SMILES string of the molecule is CCC(CC)c1c(C#N)nnn1Cc1ccc(Cl)cc1. The van der Waals surface area contributed by atoms with Crippen molar-refractivity contribution in [1.29, 1.82) is 5.26 Å². The molecule has 2 aromatic rings. The molecule has 2 rings (SSSR count). The van der Waals surface area contributed by atoms with Crippen molar-refractivity contribution in [2.24, 2.45) is 0 Å². The molecule has 0 saturated carbocycles. The van der Waals surface area contributed by atoms with Gasteiger partial charge in [-0.25, -0.2) is 4.68 Å². The van der Waals surface area contributed by atoms with Crippen molar-refractivity contribution in [1.82, 2.24) is 15.0 Å². The number of rotatable bonds is 5. The van der Waals surface area contributed by atoms with Gasteiger partial charge in [0.15, 0.2) is 5.69 Å². The molecule has 1 aromatic carbocycles. The summed E-state index contributed by atoms with van der Waals surface area (Å²) >= 11 is 5.89. The first kappa shape index (κ1) is 14.5. The standard InChI is InChI=1S/C15H17ClN4/c1-3-12(4-2)15-14(9-17)18-19-20(15)10-11-5-7-13(16)8-6-11/h5-8,12H,3-4,10H2,1-2H3. The van der Waals surface area contributed by atoms with Crippen LogP contribution >= 0.6 is 11.6 Å². The average molecular weight is 289 g/mol. The molecule has 0 amide bonds. The molecule has 0 saturated heterocycles. The Morgan fingerprint density at radius 1 is 1.25 bits per heavy atom. The highest BCUT2D eigenvalue weighted by molar-refractivity contribution is 6.30. The average Bonchev–Trinajstić information content (AvgIpc) is 2.86. The fourth-order valence-electron chi connectivity index (χ4n) is 2.36. The van der Waals surface area contributed by atoms with E-state index in [-0.39, 0.29) is 0 Å². The van der Waals surface area contributed by atoms with Crippen LogP contribution in [0.25, 0.3) is 0 Å². The fourth-order valence-corrected chi connectivity index (χ4v) is 2.49. The third-order valence-electron chi connectivity index (χ3n) is 3.50. The van der Waals surface area contributed by atoms with E-state index in [9.17, 15) is 5.26 Å². The van der Waals surface area contributed by atoms with Crippen molar-refractivity contribution < 1.29 is 0 Å². The molecular weight excluding hydrogens is 272 g/mol. The van der Waals surface area contributed by atoms with Crippen molar-refractivity contribution in [3.05, 3.63) is 46.2 Å². The van der Waals surface area contributed by atoms with Crippen molar-refractivity contribution in [2.45, 2.75) is 39.2 Å². The van der Waals surface area contributed by atoms with E-state index in [1.54, 1.807) is 0 Å². The van der Waals surface area contributed by atoms with Crippen molar-refractivity contribution in [2.75, 3.05) is 0 Å². The molecule has 4 nitrogen and oxygen atoms in total. The minimum absolute atomic E-state index is 0.312. The Labute approximate surface area is 124 Å². The lowest BCUT2D eigenvalue weighted by Gasteiger charge is -2.14. The van der Waals surface area contributed by atoms with E-state index in [0.717, 1.165) is 24.1 Å². The minimum Gasteiger partial charge on any atom is -0.243 e. The maximum atomic E-state index is 9.19. The van der Waals surface area contributed by atoms with Crippen LogP contribution in [0, 0.1) is 11.3 Å². The number of nitriles is 1. The summed E-state index contributed by atoms with van der Waals surface area (Å²) in [7, 11) is 0. The van der Waals surface area contributed by atoms with Gasteiger partial charge in [0.2, 0.25) is 0 Å². The molecule has 1 heterocycles. The first-order valence-corrected chi connectivity index (χ1v) is 7.15. The zero-order valence-electron chi connectivity index (χ0n) is 11.7. The van der Waals surface area contributed by atoms with Crippen LogP contribution in [0.1, 0.15) is 49.6 Å². The second-order valence-corrected chi connectivity index (χ2v) is 5.17. The van der Waals surface area contributed by atoms with Crippen molar-refractivity contribution >= 4 is 11.6 Å². The third kappa shape index (κ3) is 3.00. The Balaban J connectivity index is 2.34. The van der Waals surface area contributed by atoms with Gasteiger partial charge >= 0.3 is 0 Å². The molecule has 0 unspecified atom stereocenters. The van der Waals surface area contributed by atoms with Gasteiger partial charge in [-0.15, -0.1) is 5.10 Å². The van der Waals surface area contributed by atoms with E-state index in [1.807, 2.05) is 28.9 Å². The smallest absolute Gasteiger partial charge is 0.186 e. The molecule has 0 aliphatic carbocycles. The van der Waals surface area contributed by atoms with Gasteiger partial charge in [-0.2, -0.15) is 5.26 Å². The number of hydrogen-bond donors (Lipinski definition) is 0. The van der Waals surface area contributed by atoms with Crippen molar-refractivity contribution in [3.63, 3.8) is 0 Å². The fraction of sp³-hybridized carbons (Fsp3) is 0.400. The van der Waals surface area contributed by atoms with E-state index in [0.29, 0.717) is 23.2 Å². The van der Waals surface area contributed by atoms with Crippen LogP contribution in [-0.2, 0) is 6.54 Å². The lowest BCUT2D eigenvalue weighted by Crippen LogP contribution is -2.11. The van der Waals surface area contributed by atoms with Gasteiger partial charge in [0.05, 0.1) is 12.2 Å². The first-order valence-electron chi connectivity index (χ1n) is 6.77. The van der Waals surface area contributed by atoms with E-state index < -0.39 is 0 Å². The quantitative estimate of drug-likeness (QED) is 0.842. The van der Waals surface area contributed by atoms with Gasteiger partial charge in [0.1, 0.15) is 6.07 Å². The molecule has 0 aliphatic rings. The van der Waals surface area contributed by atoms with E-state index >= 15 is 0 Å². The summed E-state index contributed by atoms with van der Waals surface area (Å²) in [4.78, 5) is 0. The summed E-state index contributed by atoms with van der Waals surface area (Å²) in [5, 5.41) is 18.0.